The van der Waals surface area contributed by atoms with Crippen LogP contribution in [0.25, 0.3) is 0 Å². The molecule has 0 heterocycles. The van der Waals surface area contributed by atoms with Crippen LogP contribution in [0, 0.1) is 5.92 Å². The van der Waals surface area contributed by atoms with E-state index in [1.807, 2.05) is 0 Å². The smallest absolute Gasteiger partial charge is 0.258 e. The molecule has 0 aliphatic heterocycles. The molecule has 1 aliphatic rings. The molecule has 126 valence electrons. The van der Waals surface area contributed by atoms with E-state index in [1.165, 1.54) is 19.6 Å². The molecule has 1 aliphatic carbocycles. The minimum absolute atomic E-state index is 0.156. The molecular weight excluding hydrogens is 296 g/mol. The molecule has 3 N–H and O–H groups in total. The Morgan fingerprint density at radius 3 is 2.70 bits per heavy atom. The second kappa shape index (κ2) is 7.85. The van der Waals surface area contributed by atoms with E-state index in [0.29, 0.717) is 11.7 Å². The van der Waals surface area contributed by atoms with Gasteiger partial charge in [0.1, 0.15) is 11.5 Å². The van der Waals surface area contributed by atoms with Crippen LogP contribution >= 0.6 is 0 Å². The van der Waals surface area contributed by atoms with Crippen LogP contribution in [0.3, 0.4) is 0 Å². The van der Waals surface area contributed by atoms with Crippen molar-refractivity contribution in [3.05, 3.63) is 23.8 Å². The van der Waals surface area contributed by atoms with E-state index in [-0.39, 0.29) is 29.9 Å². The number of carbonyl (C=O) groups excluding carboxylic acids is 2. The fraction of sp³-hybridized carbons (Fsp3) is 0.529. The second-order valence-corrected chi connectivity index (χ2v) is 5.95. The molecule has 2 amide bonds. The summed E-state index contributed by atoms with van der Waals surface area (Å²) in [6.07, 6.45) is 4.49. The lowest BCUT2D eigenvalue weighted by Gasteiger charge is -2.29. The molecule has 1 aromatic carbocycles. The van der Waals surface area contributed by atoms with E-state index in [2.05, 4.69) is 12.2 Å². The molecule has 0 spiro atoms. The number of ether oxygens (including phenoxy) is 2. The fourth-order valence-electron chi connectivity index (χ4n) is 2.88. The largest absolute Gasteiger partial charge is 0.497 e. The quantitative estimate of drug-likeness (QED) is 0.837. The number of benzene rings is 1. The maximum atomic E-state index is 12.1. The zero-order valence-electron chi connectivity index (χ0n) is 13.6. The first-order valence-corrected chi connectivity index (χ1v) is 7.91. The summed E-state index contributed by atoms with van der Waals surface area (Å²) in [5, 5.41) is 3.00. The molecule has 2 rings (SSSR count). The Bertz CT molecular complexity index is 574. The topological polar surface area (TPSA) is 90.7 Å². The maximum Gasteiger partial charge on any atom is 0.258 e. The van der Waals surface area contributed by atoms with Gasteiger partial charge in [-0.15, -0.1) is 0 Å². The van der Waals surface area contributed by atoms with E-state index in [9.17, 15) is 9.59 Å². The number of nitrogens with two attached hydrogens (primary N) is 1. The average molecular weight is 320 g/mol. The zero-order chi connectivity index (χ0) is 16.8. The number of hydrogen-bond acceptors (Lipinski definition) is 4. The van der Waals surface area contributed by atoms with Crippen molar-refractivity contribution in [2.24, 2.45) is 11.7 Å². The highest BCUT2D eigenvalue weighted by Gasteiger charge is 2.23. The van der Waals surface area contributed by atoms with E-state index in [1.54, 1.807) is 12.1 Å². The lowest BCUT2D eigenvalue weighted by atomic mass is 9.86. The molecule has 23 heavy (non-hydrogen) atoms. The first-order valence-electron chi connectivity index (χ1n) is 7.91. The van der Waals surface area contributed by atoms with Crippen molar-refractivity contribution < 1.29 is 19.1 Å². The Hall–Kier alpha value is -2.24. The van der Waals surface area contributed by atoms with Crippen molar-refractivity contribution in [1.82, 2.24) is 5.32 Å². The highest BCUT2D eigenvalue weighted by Crippen LogP contribution is 2.25. The molecule has 1 aromatic rings. The monoisotopic (exact) mass is 320 g/mol. The standard InChI is InChI=1S/C17H24N2O4/c1-11-5-3-4-6-14(11)19-16(20)10-23-15-9-12(22-2)7-8-13(15)17(18)21/h7-9,11,14H,3-6,10H2,1-2H3,(H2,18,21)(H,19,20). The third-order valence-corrected chi connectivity index (χ3v) is 4.27. The SMILES string of the molecule is COc1ccc(C(N)=O)c(OCC(=O)NC2CCCCC2C)c1. The predicted octanol–water partition coefficient (Wildman–Crippen LogP) is 1.87. The number of hydrogen-bond donors (Lipinski definition) is 2. The number of methoxy groups -OCH3 is 1. The molecule has 0 aromatic heterocycles. The van der Waals surface area contributed by atoms with Crippen molar-refractivity contribution >= 4 is 11.8 Å². The molecule has 2 unspecified atom stereocenters. The van der Waals surface area contributed by atoms with Gasteiger partial charge in [-0.05, 0) is 30.9 Å². The first kappa shape index (κ1) is 17.1. The Labute approximate surface area is 136 Å². The number of rotatable bonds is 6. The van der Waals surface area contributed by atoms with E-state index in [4.69, 9.17) is 15.2 Å². The van der Waals surface area contributed by atoms with Gasteiger partial charge in [0.2, 0.25) is 0 Å². The summed E-state index contributed by atoms with van der Waals surface area (Å²) in [5.41, 5.74) is 5.55. The average Bonchev–Trinajstić information content (AvgIpc) is 2.54. The minimum Gasteiger partial charge on any atom is -0.497 e. The summed E-state index contributed by atoms with van der Waals surface area (Å²) in [7, 11) is 1.51. The van der Waals surface area contributed by atoms with Gasteiger partial charge in [-0.3, -0.25) is 9.59 Å². The third-order valence-electron chi connectivity index (χ3n) is 4.27. The van der Waals surface area contributed by atoms with Gasteiger partial charge < -0.3 is 20.5 Å². The van der Waals surface area contributed by atoms with E-state index in [0.717, 1.165) is 19.3 Å². The molecular formula is C17H24N2O4. The van der Waals surface area contributed by atoms with Crippen LogP contribution in [0.5, 0.6) is 11.5 Å². The minimum atomic E-state index is -0.607. The highest BCUT2D eigenvalue weighted by molar-refractivity contribution is 5.96. The maximum absolute atomic E-state index is 12.1. The summed E-state index contributed by atoms with van der Waals surface area (Å²) in [4.78, 5) is 23.5. The van der Waals surface area contributed by atoms with Gasteiger partial charge in [0.25, 0.3) is 11.8 Å². The van der Waals surface area contributed by atoms with Gasteiger partial charge in [0.15, 0.2) is 6.61 Å². The van der Waals surface area contributed by atoms with Crippen LogP contribution in [0.15, 0.2) is 18.2 Å². The molecule has 2 atom stereocenters. The Balaban J connectivity index is 1.96. The first-order chi connectivity index (χ1) is 11.0. The fourth-order valence-corrected chi connectivity index (χ4v) is 2.88. The Morgan fingerprint density at radius 1 is 1.30 bits per heavy atom. The van der Waals surface area contributed by atoms with Gasteiger partial charge in [0, 0.05) is 12.1 Å². The third kappa shape index (κ3) is 4.61. The molecule has 0 bridgehead atoms. The number of carbonyl (C=O) groups is 2. The second-order valence-electron chi connectivity index (χ2n) is 5.95. The summed E-state index contributed by atoms with van der Waals surface area (Å²) in [5.74, 6) is 0.464. The lowest BCUT2D eigenvalue weighted by Crippen LogP contribution is -2.43. The molecule has 0 saturated heterocycles. The summed E-state index contributed by atoms with van der Waals surface area (Å²) >= 11 is 0. The van der Waals surface area contributed by atoms with Crippen LogP contribution in [0.2, 0.25) is 0 Å². The summed E-state index contributed by atoms with van der Waals surface area (Å²) < 4.78 is 10.6. The van der Waals surface area contributed by atoms with Crippen LogP contribution < -0.4 is 20.5 Å². The zero-order valence-corrected chi connectivity index (χ0v) is 13.6. The normalized spacial score (nSPS) is 20.6. The summed E-state index contributed by atoms with van der Waals surface area (Å²) in [6, 6.07) is 4.89. The van der Waals surface area contributed by atoms with Crippen LogP contribution in [0.4, 0.5) is 0 Å². The van der Waals surface area contributed by atoms with Crippen LogP contribution in [-0.2, 0) is 4.79 Å². The van der Waals surface area contributed by atoms with Crippen molar-refractivity contribution in [2.75, 3.05) is 13.7 Å². The molecule has 0 radical (unpaired) electrons. The molecule has 6 nitrogen and oxygen atoms in total. The lowest BCUT2D eigenvalue weighted by molar-refractivity contribution is -0.124. The highest BCUT2D eigenvalue weighted by atomic mass is 16.5. The van der Waals surface area contributed by atoms with Crippen molar-refractivity contribution in [3.63, 3.8) is 0 Å². The Kier molecular flexibility index (Phi) is 5.84. The molecule has 1 saturated carbocycles. The van der Waals surface area contributed by atoms with Gasteiger partial charge in [0.05, 0.1) is 12.7 Å². The molecule has 6 heteroatoms. The number of primary amides is 1. The van der Waals surface area contributed by atoms with Gasteiger partial charge in [-0.2, -0.15) is 0 Å². The Morgan fingerprint density at radius 2 is 2.04 bits per heavy atom. The van der Waals surface area contributed by atoms with Crippen LogP contribution in [0.1, 0.15) is 43.0 Å². The number of nitrogens with one attached hydrogen (secondary N) is 1. The van der Waals surface area contributed by atoms with Gasteiger partial charge in [-0.25, -0.2) is 0 Å². The van der Waals surface area contributed by atoms with E-state index < -0.39 is 5.91 Å². The van der Waals surface area contributed by atoms with Crippen LogP contribution in [-0.4, -0.2) is 31.6 Å². The van der Waals surface area contributed by atoms with Crippen molar-refractivity contribution in [1.29, 1.82) is 0 Å². The van der Waals surface area contributed by atoms with E-state index >= 15 is 0 Å². The summed E-state index contributed by atoms with van der Waals surface area (Å²) in [6.45, 7) is 1.99. The van der Waals surface area contributed by atoms with Crippen molar-refractivity contribution in [3.8, 4) is 11.5 Å². The van der Waals surface area contributed by atoms with Gasteiger partial charge >= 0.3 is 0 Å². The molecule has 1 fully saturated rings. The van der Waals surface area contributed by atoms with Gasteiger partial charge in [-0.1, -0.05) is 19.8 Å². The number of amides is 2. The predicted molar refractivity (Wildman–Crippen MR) is 86.6 cm³/mol. The van der Waals surface area contributed by atoms with Crippen molar-refractivity contribution in [2.45, 2.75) is 38.6 Å².